The van der Waals surface area contributed by atoms with Crippen LogP contribution in [0.4, 0.5) is 10.1 Å². The average Bonchev–Trinajstić information content (AvgIpc) is 2.90. The third-order valence-corrected chi connectivity index (χ3v) is 4.04. The number of nitrogens with one attached hydrogen (secondary N) is 1. The van der Waals surface area contributed by atoms with E-state index in [1.807, 2.05) is 24.3 Å². The van der Waals surface area contributed by atoms with E-state index in [4.69, 9.17) is 5.73 Å². The third-order valence-electron chi connectivity index (χ3n) is 3.00. The topological polar surface area (TPSA) is 68.0 Å². The molecule has 0 atom stereocenters. The molecule has 0 aliphatic carbocycles. The van der Waals surface area contributed by atoms with Crippen molar-refractivity contribution < 1.29 is 9.18 Å². The number of carbonyl (C=O) groups is 1. The van der Waals surface area contributed by atoms with Gasteiger partial charge in [-0.3, -0.25) is 4.79 Å². The van der Waals surface area contributed by atoms with Gasteiger partial charge < -0.3 is 11.1 Å². The molecule has 0 radical (unpaired) electrons. The maximum Gasteiger partial charge on any atom is 0.251 e. The maximum absolute atomic E-state index is 13.3. The second-order valence-electron chi connectivity index (χ2n) is 4.49. The fourth-order valence-corrected chi connectivity index (χ4v) is 2.83. The zero-order valence-corrected chi connectivity index (χ0v) is 11.8. The van der Waals surface area contributed by atoms with Gasteiger partial charge in [0.25, 0.3) is 5.91 Å². The highest BCUT2D eigenvalue weighted by Crippen LogP contribution is 2.21. The monoisotopic (exact) mass is 301 g/mol. The van der Waals surface area contributed by atoms with E-state index in [0.717, 1.165) is 21.3 Å². The molecule has 2 aromatic carbocycles. The highest BCUT2D eigenvalue weighted by Gasteiger charge is 2.09. The molecule has 3 aromatic rings. The second kappa shape index (κ2) is 5.49. The molecule has 6 heteroatoms. The fourth-order valence-electron chi connectivity index (χ4n) is 1.92. The molecule has 0 spiro atoms. The first-order chi connectivity index (χ1) is 10.1. The van der Waals surface area contributed by atoms with Gasteiger partial charge in [0.05, 0.1) is 22.4 Å². The minimum absolute atomic E-state index is 0.0257. The molecule has 21 heavy (non-hydrogen) atoms. The lowest BCUT2D eigenvalue weighted by Crippen LogP contribution is -2.22. The average molecular weight is 301 g/mol. The van der Waals surface area contributed by atoms with Gasteiger partial charge in [0, 0.05) is 5.56 Å². The summed E-state index contributed by atoms with van der Waals surface area (Å²) in [6.45, 7) is 0.310. The van der Waals surface area contributed by atoms with E-state index in [2.05, 4.69) is 10.3 Å². The summed E-state index contributed by atoms with van der Waals surface area (Å²) in [4.78, 5) is 16.4. The number of rotatable bonds is 3. The van der Waals surface area contributed by atoms with E-state index < -0.39 is 5.82 Å². The molecule has 0 saturated heterocycles. The van der Waals surface area contributed by atoms with Crippen molar-refractivity contribution in [2.24, 2.45) is 0 Å². The van der Waals surface area contributed by atoms with Crippen molar-refractivity contribution in [3.05, 3.63) is 58.9 Å². The number of fused-ring (bicyclic) bond motifs is 1. The van der Waals surface area contributed by atoms with E-state index in [0.29, 0.717) is 6.54 Å². The van der Waals surface area contributed by atoms with Crippen LogP contribution in [0.15, 0.2) is 42.5 Å². The zero-order chi connectivity index (χ0) is 14.8. The first kappa shape index (κ1) is 13.5. The molecule has 0 unspecified atom stereocenters. The summed E-state index contributed by atoms with van der Waals surface area (Å²) in [6.07, 6.45) is 0. The fraction of sp³-hybridized carbons (Fsp3) is 0.0667. The van der Waals surface area contributed by atoms with Crippen LogP contribution >= 0.6 is 11.3 Å². The third kappa shape index (κ3) is 2.85. The molecule has 106 valence electrons. The highest BCUT2D eigenvalue weighted by atomic mass is 32.1. The number of halogens is 1. The Morgan fingerprint density at radius 3 is 2.86 bits per heavy atom. The number of nitrogens with two attached hydrogens (primary N) is 1. The lowest BCUT2D eigenvalue weighted by atomic mass is 10.2. The van der Waals surface area contributed by atoms with Crippen LogP contribution in [0.1, 0.15) is 15.4 Å². The van der Waals surface area contributed by atoms with Gasteiger partial charge >= 0.3 is 0 Å². The number of thiazole rings is 1. The summed E-state index contributed by atoms with van der Waals surface area (Å²) >= 11 is 1.52. The van der Waals surface area contributed by atoms with Crippen LogP contribution < -0.4 is 11.1 Å². The van der Waals surface area contributed by atoms with Gasteiger partial charge in [-0.05, 0) is 30.3 Å². The summed E-state index contributed by atoms with van der Waals surface area (Å²) in [7, 11) is 0. The lowest BCUT2D eigenvalue weighted by molar-refractivity contribution is 0.0950. The Hall–Kier alpha value is -2.47. The largest absolute Gasteiger partial charge is 0.396 e. The number of amides is 1. The van der Waals surface area contributed by atoms with E-state index in [1.165, 1.54) is 23.5 Å². The number of para-hydroxylation sites is 1. The predicted molar refractivity (Wildman–Crippen MR) is 81.6 cm³/mol. The van der Waals surface area contributed by atoms with Crippen LogP contribution in [-0.2, 0) is 6.54 Å². The SMILES string of the molecule is Nc1ccc(C(=O)NCc2nc3ccccc3s2)cc1F. The van der Waals surface area contributed by atoms with E-state index in [1.54, 1.807) is 0 Å². The van der Waals surface area contributed by atoms with Crippen molar-refractivity contribution in [3.8, 4) is 0 Å². The summed E-state index contributed by atoms with van der Waals surface area (Å²) in [6, 6.07) is 11.8. The van der Waals surface area contributed by atoms with Crippen molar-refractivity contribution in [1.29, 1.82) is 0 Å². The van der Waals surface area contributed by atoms with Crippen molar-refractivity contribution >= 4 is 33.1 Å². The molecule has 1 aromatic heterocycles. The first-order valence-corrected chi connectivity index (χ1v) is 7.13. The van der Waals surface area contributed by atoms with Crippen molar-refractivity contribution in [2.45, 2.75) is 6.54 Å². The standard InChI is InChI=1S/C15H12FN3OS/c16-10-7-9(5-6-11(10)17)15(20)18-8-14-19-12-3-1-2-4-13(12)21-14/h1-7H,8,17H2,(H,18,20). The van der Waals surface area contributed by atoms with Crippen LogP contribution in [0.5, 0.6) is 0 Å². The van der Waals surface area contributed by atoms with Gasteiger partial charge in [0.2, 0.25) is 0 Å². The second-order valence-corrected chi connectivity index (χ2v) is 5.61. The minimum atomic E-state index is -0.595. The van der Waals surface area contributed by atoms with E-state index in [-0.39, 0.29) is 17.2 Å². The molecule has 4 nitrogen and oxygen atoms in total. The summed E-state index contributed by atoms with van der Waals surface area (Å²) in [5.74, 6) is -0.948. The van der Waals surface area contributed by atoms with Crippen LogP contribution in [0.25, 0.3) is 10.2 Å². The zero-order valence-electron chi connectivity index (χ0n) is 11.0. The highest BCUT2D eigenvalue weighted by molar-refractivity contribution is 7.18. The molecule has 0 aliphatic rings. The first-order valence-electron chi connectivity index (χ1n) is 6.31. The molecule has 3 rings (SSSR count). The Morgan fingerprint density at radius 2 is 2.10 bits per heavy atom. The number of nitrogens with zero attached hydrogens (tertiary/aromatic N) is 1. The summed E-state index contributed by atoms with van der Waals surface area (Å²) in [5.41, 5.74) is 6.55. The summed E-state index contributed by atoms with van der Waals surface area (Å²) < 4.78 is 14.4. The normalized spacial score (nSPS) is 10.7. The van der Waals surface area contributed by atoms with Crippen molar-refractivity contribution in [2.75, 3.05) is 5.73 Å². The molecular formula is C15H12FN3OS. The number of hydrogen-bond donors (Lipinski definition) is 2. The molecule has 0 fully saturated rings. The Kier molecular flexibility index (Phi) is 3.53. The molecule has 1 heterocycles. The molecule has 0 saturated carbocycles. The van der Waals surface area contributed by atoms with Crippen LogP contribution in [0.3, 0.4) is 0 Å². The number of benzene rings is 2. The van der Waals surface area contributed by atoms with Crippen LogP contribution in [0.2, 0.25) is 0 Å². The van der Waals surface area contributed by atoms with Gasteiger partial charge in [0.1, 0.15) is 10.8 Å². The Labute approximate surface area is 124 Å². The number of aromatic nitrogens is 1. The molecular weight excluding hydrogens is 289 g/mol. The van der Waals surface area contributed by atoms with Gasteiger partial charge in [-0.15, -0.1) is 11.3 Å². The van der Waals surface area contributed by atoms with Gasteiger partial charge in [-0.25, -0.2) is 9.37 Å². The number of hydrogen-bond acceptors (Lipinski definition) is 4. The van der Waals surface area contributed by atoms with Crippen LogP contribution in [0, 0.1) is 5.82 Å². The molecule has 0 aliphatic heterocycles. The summed E-state index contributed by atoms with van der Waals surface area (Å²) in [5, 5.41) is 3.53. The van der Waals surface area contributed by atoms with Gasteiger partial charge in [-0.2, -0.15) is 0 Å². The molecule has 3 N–H and O–H groups in total. The quantitative estimate of drug-likeness (QED) is 0.731. The van der Waals surface area contributed by atoms with E-state index >= 15 is 0 Å². The smallest absolute Gasteiger partial charge is 0.251 e. The number of carbonyl (C=O) groups excluding carboxylic acids is 1. The van der Waals surface area contributed by atoms with Gasteiger partial charge in [-0.1, -0.05) is 12.1 Å². The van der Waals surface area contributed by atoms with E-state index in [9.17, 15) is 9.18 Å². The maximum atomic E-state index is 13.3. The van der Waals surface area contributed by atoms with Crippen molar-refractivity contribution in [3.63, 3.8) is 0 Å². The van der Waals surface area contributed by atoms with Crippen LogP contribution in [-0.4, -0.2) is 10.9 Å². The Bertz CT molecular complexity index is 783. The van der Waals surface area contributed by atoms with Gasteiger partial charge in [0.15, 0.2) is 0 Å². The predicted octanol–water partition coefficient (Wildman–Crippen LogP) is 2.95. The number of anilines is 1. The number of nitrogen functional groups attached to an aromatic ring is 1. The molecule has 0 bridgehead atoms. The Balaban J connectivity index is 1.71. The van der Waals surface area contributed by atoms with Crippen molar-refractivity contribution in [1.82, 2.24) is 10.3 Å². The minimum Gasteiger partial charge on any atom is -0.396 e. The lowest BCUT2D eigenvalue weighted by Gasteiger charge is -2.04. The Morgan fingerprint density at radius 1 is 1.29 bits per heavy atom. The molecule has 1 amide bonds.